The fourth-order valence-electron chi connectivity index (χ4n) is 2.38. The van der Waals surface area contributed by atoms with Gasteiger partial charge in [-0.2, -0.15) is 0 Å². The van der Waals surface area contributed by atoms with Crippen molar-refractivity contribution < 1.29 is 18.3 Å². The Kier molecular flexibility index (Phi) is 4.70. The van der Waals surface area contributed by atoms with Crippen LogP contribution in [0.25, 0.3) is 0 Å². The molecule has 1 N–H and O–H groups in total. The van der Waals surface area contributed by atoms with Crippen molar-refractivity contribution in [3.8, 4) is 0 Å². The molecule has 2 atom stereocenters. The normalized spacial score (nSPS) is 23.4. The van der Waals surface area contributed by atoms with Crippen LogP contribution >= 0.6 is 11.8 Å². The molecule has 5 nitrogen and oxygen atoms in total. The van der Waals surface area contributed by atoms with Crippen LogP contribution in [0.4, 0.5) is 0 Å². The molecule has 0 saturated heterocycles. The highest BCUT2D eigenvalue weighted by Crippen LogP contribution is 2.35. The monoisotopic (exact) mass is 315 g/mol. The van der Waals surface area contributed by atoms with E-state index >= 15 is 0 Å². The van der Waals surface area contributed by atoms with Crippen LogP contribution in [-0.2, 0) is 9.84 Å². The van der Waals surface area contributed by atoms with Crippen LogP contribution in [0.15, 0.2) is 23.4 Å². The molecule has 0 aromatic carbocycles. The zero-order valence-electron chi connectivity index (χ0n) is 11.2. The topological polar surface area (TPSA) is 84.3 Å². The van der Waals surface area contributed by atoms with Crippen molar-refractivity contribution in [2.45, 2.75) is 41.2 Å². The van der Waals surface area contributed by atoms with Crippen LogP contribution in [0.5, 0.6) is 0 Å². The SMILES string of the molecule is CS(=O)(=O)C1CCCC(Sc2cc(C(=O)O)ccn2)C1. The molecule has 7 heteroatoms. The van der Waals surface area contributed by atoms with Gasteiger partial charge < -0.3 is 5.11 Å². The summed E-state index contributed by atoms with van der Waals surface area (Å²) in [5.74, 6) is -0.980. The highest BCUT2D eigenvalue weighted by molar-refractivity contribution is 8.00. The maximum absolute atomic E-state index is 11.6. The van der Waals surface area contributed by atoms with E-state index in [1.165, 1.54) is 36.3 Å². The third-order valence-corrected chi connectivity index (χ3v) is 6.32. The molecule has 2 unspecified atom stereocenters. The molecule has 1 fully saturated rings. The Bertz CT molecular complexity index is 600. The van der Waals surface area contributed by atoms with Gasteiger partial charge in [-0.3, -0.25) is 0 Å². The number of aromatic nitrogens is 1. The first-order valence-electron chi connectivity index (χ1n) is 6.41. The summed E-state index contributed by atoms with van der Waals surface area (Å²) in [6, 6.07) is 2.99. The highest BCUT2D eigenvalue weighted by Gasteiger charge is 2.29. The van der Waals surface area contributed by atoms with Gasteiger partial charge in [-0.05, 0) is 31.4 Å². The number of aromatic carboxylic acids is 1. The lowest BCUT2D eigenvalue weighted by Gasteiger charge is -2.27. The number of thioether (sulfide) groups is 1. The quantitative estimate of drug-likeness (QED) is 0.917. The number of hydrogen-bond acceptors (Lipinski definition) is 5. The van der Waals surface area contributed by atoms with Crippen molar-refractivity contribution in [3.05, 3.63) is 23.9 Å². The molecule has 0 amide bonds. The van der Waals surface area contributed by atoms with Crippen LogP contribution < -0.4 is 0 Å². The molecule has 110 valence electrons. The second kappa shape index (κ2) is 6.13. The van der Waals surface area contributed by atoms with E-state index in [-0.39, 0.29) is 16.1 Å². The minimum atomic E-state index is -3.00. The minimum absolute atomic E-state index is 0.181. The Hall–Kier alpha value is -1.08. The van der Waals surface area contributed by atoms with E-state index in [1.54, 1.807) is 0 Å². The average molecular weight is 315 g/mol. The second-order valence-electron chi connectivity index (χ2n) is 5.05. The van der Waals surface area contributed by atoms with Crippen molar-refractivity contribution in [1.29, 1.82) is 0 Å². The molecule has 0 radical (unpaired) electrons. The van der Waals surface area contributed by atoms with E-state index in [4.69, 9.17) is 5.11 Å². The molecule has 0 spiro atoms. The molecule has 1 aromatic rings. The van der Waals surface area contributed by atoms with Gasteiger partial charge in [-0.25, -0.2) is 18.2 Å². The molecule has 0 aliphatic heterocycles. The van der Waals surface area contributed by atoms with Crippen LogP contribution in [0.1, 0.15) is 36.0 Å². The number of pyridine rings is 1. The number of carboxylic acids is 1. The Labute approximate surface area is 122 Å². The van der Waals surface area contributed by atoms with Crippen molar-refractivity contribution in [2.75, 3.05) is 6.26 Å². The summed E-state index contributed by atoms with van der Waals surface area (Å²) in [6.07, 6.45) is 5.92. The summed E-state index contributed by atoms with van der Waals surface area (Å²) in [7, 11) is -3.00. The third kappa shape index (κ3) is 3.96. The van der Waals surface area contributed by atoms with E-state index in [9.17, 15) is 13.2 Å². The summed E-state index contributed by atoms with van der Waals surface area (Å²) >= 11 is 1.48. The maximum Gasteiger partial charge on any atom is 0.335 e. The van der Waals surface area contributed by atoms with E-state index in [0.29, 0.717) is 11.4 Å². The third-order valence-electron chi connectivity index (χ3n) is 3.45. The summed E-state index contributed by atoms with van der Waals surface area (Å²) in [5.41, 5.74) is 0.206. The first-order valence-corrected chi connectivity index (χ1v) is 9.24. The van der Waals surface area contributed by atoms with Gasteiger partial charge in [0.2, 0.25) is 0 Å². The molecule has 1 heterocycles. The van der Waals surface area contributed by atoms with E-state index < -0.39 is 15.8 Å². The fraction of sp³-hybridized carbons (Fsp3) is 0.538. The van der Waals surface area contributed by atoms with Crippen molar-refractivity contribution >= 4 is 27.6 Å². The van der Waals surface area contributed by atoms with Crippen LogP contribution in [-0.4, -0.2) is 41.2 Å². The van der Waals surface area contributed by atoms with E-state index in [2.05, 4.69) is 4.98 Å². The largest absolute Gasteiger partial charge is 0.478 e. The smallest absolute Gasteiger partial charge is 0.335 e. The van der Waals surface area contributed by atoms with Crippen molar-refractivity contribution in [1.82, 2.24) is 4.98 Å². The predicted molar refractivity (Wildman–Crippen MR) is 77.9 cm³/mol. The van der Waals surface area contributed by atoms with Crippen LogP contribution in [0.3, 0.4) is 0 Å². The van der Waals surface area contributed by atoms with Gasteiger partial charge in [0.1, 0.15) is 9.84 Å². The van der Waals surface area contributed by atoms with Gasteiger partial charge in [0.05, 0.1) is 15.8 Å². The van der Waals surface area contributed by atoms with Gasteiger partial charge in [-0.1, -0.05) is 6.42 Å². The van der Waals surface area contributed by atoms with Crippen molar-refractivity contribution in [2.24, 2.45) is 0 Å². The Morgan fingerprint density at radius 3 is 2.85 bits per heavy atom. The molecule has 1 aromatic heterocycles. The minimum Gasteiger partial charge on any atom is -0.478 e. The number of carboxylic acid groups (broad SMARTS) is 1. The molecule has 2 rings (SSSR count). The Morgan fingerprint density at radius 1 is 1.45 bits per heavy atom. The average Bonchev–Trinajstić information content (AvgIpc) is 2.38. The standard InChI is InChI=1S/C13H17NO4S2/c1-20(17,18)11-4-2-3-10(8-11)19-12-7-9(13(15)16)5-6-14-12/h5-7,10-11H,2-4,8H2,1H3,(H,15,16). The first kappa shape index (κ1) is 15.3. The van der Waals surface area contributed by atoms with Crippen LogP contribution in [0, 0.1) is 0 Å². The molecule has 1 aliphatic carbocycles. The molecular formula is C13H17NO4S2. The number of rotatable bonds is 4. The first-order chi connectivity index (χ1) is 9.36. The lowest BCUT2D eigenvalue weighted by molar-refractivity contribution is 0.0696. The number of nitrogens with zero attached hydrogens (tertiary/aromatic N) is 1. The maximum atomic E-state index is 11.6. The summed E-state index contributed by atoms with van der Waals surface area (Å²) in [4.78, 5) is 15.1. The van der Waals surface area contributed by atoms with Crippen molar-refractivity contribution in [3.63, 3.8) is 0 Å². The number of sulfone groups is 1. The van der Waals surface area contributed by atoms with Gasteiger partial charge in [0, 0.05) is 17.7 Å². The zero-order chi connectivity index (χ0) is 14.8. The predicted octanol–water partition coefficient (Wildman–Crippen LogP) is 2.23. The number of carbonyl (C=O) groups is 1. The van der Waals surface area contributed by atoms with Gasteiger partial charge >= 0.3 is 5.97 Å². The number of hydrogen-bond donors (Lipinski definition) is 1. The molecule has 0 bridgehead atoms. The summed E-state index contributed by atoms with van der Waals surface area (Å²) < 4.78 is 23.3. The summed E-state index contributed by atoms with van der Waals surface area (Å²) in [6.45, 7) is 0. The van der Waals surface area contributed by atoms with Gasteiger partial charge in [0.15, 0.2) is 0 Å². The molecule has 20 heavy (non-hydrogen) atoms. The second-order valence-corrected chi connectivity index (χ2v) is 8.69. The fourth-order valence-corrected chi connectivity index (χ4v) is 4.95. The summed E-state index contributed by atoms with van der Waals surface area (Å²) in [5, 5.41) is 9.49. The lowest BCUT2D eigenvalue weighted by Crippen LogP contribution is -2.28. The van der Waals surface area contributed by atoms with E-state index in [0.717, 1.165) is 19.3 Å². The van der Waals surface area contributed by atoms with Crippen LogP contribution in [0.2, 0.25) is 0 Å². The highest BCUT2D eigenvalue weighted by atomic mass is 32.2. The Morgan fingerprint density at radius 2 is 2.20 bits per heavy atom. The van der Waals surface area contributed by atoms with Gasteiger partial charge in [0.25, 0.3) is 0 Å². The van der Waals surface area contributed by atoms with Gasteiger partial charge in [-0.15, -0.1) is 11.8 Å². The van der Waals surface area contributed by atoms with E-state index in [1.807, 2.05) is 0 Å². The zero-order valence-corrected chi connectivity index (χ0v) is 12.8. The molecule has 1 saturated carbocycles. The molecule has 1 aliphatic rings. The Balaban J connectivity index is 2.06. The molecular weight excluding hydrogens is 298 g/mol. The lowest BCUT2D eigenvalue weighted by atomic mass is 10.00.